The highest BCUT2D eigenvalue weighted by Crippen LogP contribution is 2.53. The van der Waals surface area contributed by atoms with Gasteiger partial charge in [0, 0.05) is 0 Å². The Bertz CT molecular complexity index is 388. The first-order valence-electron chi connectivity index (χ1n) is 4.80. The highest BCUT2D eigenvalue weighted by atomic mass is 35.6. The molecule has 0 aromatic carbocycles. The fourth-order valence-corrected chi connectivity index (χ4v) is 1.84. The Morgan fingerprint density at radius 3 is 1.94 bits per heavy atom. The molecule has 1 rings (SSSR count). The first-order valence-corrected chi connectivity index (χ1v) is 6.69. The van der Waals surface area contributed by atoms with Gasteiger partial charge >= 0.3 is 0 Å². The Kier molecular flexibility index (Phi) is 4.54. The molecule has 1 heterocycles. The summed E-state index contributed by atoms with van der Waals surface area (Å²) < 4.78 is -3.63. The van der Waals surface area contributed by atoms with E-state index in [-0.39, 0.29) is 11.1 Å². The first-order chi connectivity index (χ1) is 7.45. The monoisotopic (exact) mass is 337 g/mol. The van der Waals surface area contributed by atoms with E-state index in [1.807, 2.05) is 20.8 Å². The van der Waals surface area contributed by atoms with Gasteiger partial charge in [0.2, 0.25) is 8.13 Å². The van der Waals surface area contributed by atoms with Crippen molar-refractivity contribution in [3.8, 4) is 0 Å². The molecule has 3 nitrogen and oxygen atoms in total. The van der Waals surface area contributed by atoms with Crippen LogP contribution in [0.15, 0.2) is 0 Å². The molecule has 0 spiro atoms. The largest absolute Gasteiger partial charge is 0.228 e. The van der Waals surface area contributed by atoms with Crippen molar-refractivity contribution >= 4 is 58.0 Å². The minimum atomic E-state index is -1.89. The van der Waals surface area contributed by atoms with Gasteiger partial charge in [-0.05, 0) is 11.8 Å². The Hall–Kier alpha value is 0.590. The van der Waals surface area contributed by atoms with Crippen molar-refractivity contribution in [3.05, 3.63) is 11.4 Å². The summed E-state index contributed by atoms with van der Waals surface area (Å²) >= 11 is 29.4. The summed E-state index contributed by atoms with van der Waals surface area (Å²) in [6.07, 6.45) is 0.612. The van der Waals surface area contributed by atoms with Gasteiger partial charge in [-0.1, -0.05) is 78.8 Å². The molecule has 0 aliphatic rings. The molecule has 0 amide bonds. The molecule has 0 aliphatic carbocycles. The van der Waals surface area contributed by atoms with E-state index in [1.54, 1.807) is 0 Å². The summed E-state index contributed by atoms with van der Waals surface area (Å²) in [7, 11) is 0. The van der Waals surface area contributed by atoms with Crippen LogP contribution < -0.4 is 0 Å². The number of hydrogen-bond acceptors (Lipinski definition) is 2. The summed E-state index contributed by atoms with van der Waals surface area (Å²) in [6.45, 7) is 6.14. The van der Waals surface area contributed by atoms with Crippen molar-refractivity contribution in [2.24, 2.45) is 5.41 Å². The van der Waals surface area contributed by atoms with Crippen LogP contribution in [-0.4, -0.2) is 19.2 Å². The number of nitrogens with zero attached hydrogens (tertiary/aromatic N) is 2. The van der Waals surface area contributed by atoms with Crippen molar-refractivity contribution in [3.63, 3.8) is 0 Å². The van der Waals surface area contributed by atoms with Crippen LogP contribution in [-0.2, 0) is 10.8 Å². The number of aromatic nitrogens is 3. The lowest BCUT2D eigenvalue weighted by molar-refractivity contribution is 0.404. The van der Waals surface area contributed by atoms with Crippen LogP contribution in [0.2, 0.25) is 0 Å². The smallest absolute Gasteiger partial charge is 0.197 e. The predicted molar refractivity (Wildman–Crippen MR) is 73.2 cm³/mol. The molecule has 0 saturated heterocycles. The zero-order valence-corrected chi connectivity index (χ0v) is 13.3. The molecule has 0 aliphatic heterocycles. The van der Waals surface area contributed by atoms with Crippen LogP contribution >= 0.6 is 58.0 Å². The van der Waals surface area contributed by atoms with Gasteiger partial charge in [0.25, 0.3) is 0 Å². The van der Waals surface area contributed by atoms with Crippen molar-refractivity contribution in [2.45, 2.75) is 35.3 Å². The second-order valence-electron chi connectivity index (χ2n) is 4.93. The average Bonchev–Trinajstić information content (AvgIpc) is 2.46. The van der Waals surface area contributed by atoms with Gasteiger partial charge in [0.1, 0.15) is 5.69 Å². The molecule has 0 atom stereocenters. The predicted octanol–water partition coefficient (Wildman–Crippen LogP) is 4.39. The van der Waals surface area contributed by atoms with E-state index in [9.17, 15) is 0 Å². The average molecular weight is 339 g/mol. The topological polar surface area (TPSA) is 41.6 Å². The van der Waals surface area contributed by atoms with Crippen molar-refractivity contribution in [1.82, 2.24) is 15.4 Å². The lowest BCUT2D eigenvalue weighted by Gasteiger charge is -2.27. The number of halogens is 5. The van der Waals surface area contributed by atoms with Crippen LogP contribution in [0.1, 0.15) is 32.2 Å². The number of nitrogens with one attached hydrogen (secondary N) is 1. The number of rotatable bonds is 2. The Balaban J connectivity index is 3.13. The molecule has 0 radical (unpaired) electrons. The third-order valence-electron chi connectivity index (χ3n) is 1.97. The van der Waals surface area contributed by atoms with Crippen molar-refractivity contribution in [2.75, 3.05) is 0 Å². The van der Waals surface area contributed by atoms with E-state index >= 15 is 0 Å². The van der Waals surface area contributed by atoms with Gasteiger partial charge < -0.3 is 0 Å². The summed E-state index contributed by atoms with van der Waals surface area (Å²) in [4.78, 5) is 0. The van der Waals surface area contributed by atoms with Crippen LogP contribution in [0.5, 0.6) is 0 Å². The molecule has 98 valence electrons. The zero-order chi connectivity index (χ0) is 13.5. The standard InChI is InChI=1S/C9H12Cl5N3/c1-7(2,3)4-5-6(16-17-15-5)8(10,11)9(12,13)14/h4H2,1-3H3,(H,15,16,17). The molecule has 0 unspecified atom stereocenters. The van der Waals surface area contributed by atoms with Gasteiger partial charge in [0.15, 0.2) is 0 Å². The minimum absolute atomic E-state index is 0.0108. The summed E-state index contributed by atoms with van der Waals surface area (Å²) in [5, 5.41) is 10.3. The maximum Gasteiger partial charge on any atom is 0.228 e. The fourth-order valence-electron chi connectivity index (χ4n) is 1.26. The van der Waals surface area contributed by atoms with Crippen LogP contribution in [0.25, 0.3) is 0 Å². The third-order valence-corrected chi connectivity index (χ3v) is 4.33. The fraction of sp³-hybridized carbons (Fsp3) is 0.778. The van der Waals surface area contributed by atoms with E-state index in [2.05, 4.69) is 15.4 Å². The van der Waals surface area contributed by atoms with Gasteiger partial charge in [0.05, 0.1) is 5.69 Å². The van der Waals surface area contributed by atoms with Crippen LogP contribution in [0.4, 0.5) is 0 Å². The Morgan fingerprint density at radius 2 is 1.53 bits per heavy atom. The second kappa shape index (κ2) is 4.93. The SMILES string of the molecule is CC(C)(C)Cc1n[nH]nc1C(Cl)(Cl)C(Cl)(Cl)Cl. The van der Waals surface area contributed by atoms with Crippen LogP contribution in [0, 0.1) is 5.41 Å². The van der Waals surface area contributed by atoms with Crippen molar-refractivity contribution in [1.29, 1.82) is 0 Å². The van der Waals surface area contributed by atoms with Gasteiger partial charge in [-0.3, -0.25) is 0 Å². The maximum atomic E-state index is 6.06. The number of alkyl halides is 5. The van der Waals surface area contributed by atoms with Gasteiger partial charge in [-0.15, -0.1) is 0 Å². The van der Waals surface area contributed by atoms with Crippen molar-refractivity contribution < 1.29 is 0 Å². The Morgan fingerprint density at radius 1 is 1.00 bits per heavy atom. The van der Waals surface area contributed by atoms with E-state index in [1.165, 1.54) is 0 Å². The van der Waals surface area contributed by atoms with Gasteiger partial charge in [-0.2, -0.15) is 15.4 Å². The van der Waals surface area contributed by atoms with Gasteiger partial charge in [-0.25, -0.2) is 0 Å². The van der Waals surface area contributed by atoms with E-state index in [0.717, 1.165) is 0 Å². The van der Waals surface area contributed by atoms with Crippen LogP contribution in [0.3, 0.4) is 0 Å². The number of aromatic amines is 1. The number of H-pyrrole nitrogens is 1. The molecular weight excluding hydrogens is 327 g/mol. The first kappa shape index (κ1) is 15.6. The second-order valence-corrected chi connectivity index (χ2v) is 8.54. The van der Waals surface area contributed by atoms with E-state index in [4.69, 9.17) is 58.0 Å². The Labute approximate surface area is 125 Å². The minimum Gasteiger partial charge on any atom is -0.197 e. The highest BCUT2D eigenvalue weighted by Gasteiger charge is 2.50. The molecule has 1 aromatic rings. The molecule has 0 fully saturated rings. The molecule has 8 heteroatoms. The molecule has 1 aromatic heterocycles. The van der Waals surface area contributed by atoms with E-state index in [0.29, 0.717) is 12.1 Å². The molecule has 0 saturated carbocycles. The summed E-state index contributed by atoms with van der Waals surface area (Å²) in [5.74, 6) is 0. The quantitative estimate of drug-likeness (QED) is 0.812. The molecule has 1 N–H and O–H groups in total. The highest BCUT2D eigenvalue weighted by molar-refractivity contribution is 6.75. The molecule has 17 heavy (non-hydrogen) atoms. The molecular formula is C9H12Cl5N3. The maximum absolute atomic E-state index is 6.06. The third kappa shape index (κ3) is 3.77. The zero-order valence-electron chi connectivity index (χ0n) is 9.49. The summed E-state index contributed by atoms with van der Waals surface area (Å²) in [5.41, 5.74) is 0.827. The normalized spacial score (nSPS) is 14.1. The van der Waals surface area contributed by atoms with E-state index < -0.39 is 8.13 Å². The lowest BCUT2D eigenvalue weighted by atomic mass is 9.89. The summed E-state index contributed by atoms with van der Waals surface area (Å²) in [6, 6.07) is 0. The molecule has 0 bridgehead atoms. The number of hydrogen-bond donors (Lipinski definition) is 1. The lowest BCUT2D eigenvalue weighted by Crippen LogP contribution is -2.30.